The van der Waals surface area contributed by atoms with E-state index >= 15 is 0 Å². The Bertz CT molecular complexity index is 630. The molecule has 8 nitrogen and oxygen atoms in total. The Hall–Kier alpha value is -2.22. The molecule has 0 fully saturated rings. The predicted molar refractivity (Wildman–Crippen MR) is 62.9 cm³/mol. The summed E-state index contributed by atoms with van der Waals surface area (Å²) >= 11 is 0. The van der Waals surface area contributed by atoms with E-state index in [2.05, 4.69) is 15.4 Å². The van der Waals surface area contributed by atoms with Crippen molar-refractivity contribution in [1.82, 2.24) is 24.6 Å². The third-order valence-electron chi connectivity index (χ3n) is 2.53. The zero-order valence-electron chi connectivity index (χ0n) is 9.83. The number of carbonyl (C=O) groups is 1. The Morgan fingerprint density at radius 2 is 2.33 bits per heavy atom. The van der Waals surface area contributed by atoms with Crippen LogP contribution in [0.2, 0.25) is 0 Å². The van der Waals surface area contributed by atoms with Crippen molar-refractivity contribution in [3.63, 3.8) is 0 Å². The molecule has 0 atom stereocenters. The number of fused-ring (bicyclic) bond motifs is 1. The number of likely N-dealkylation sites (N-methyl/N-ethyl adjacent to an activating group) is 1. The molecule has 0 radical (unpaired) electrons. The second-order valence-corrected chi connectivity index (χ2v) is 3.68. The Labute approximate surface area is 102 Å². The van der Waals surface area contributed by atoms with E-state index in [0.717, 1.165) is 0 Å². The van der Waals surface area contributed by atoms with Crippen LogP contribution < -0.4 is 10.9 Å². The molecular formula is C10H13N5O3. The van der Waals surface area contributed by atoms with Gasteiger partial charge in [-0.3, -0.25) is 14.2 Å². The minimum atomic E-state index is -0.326. The highest BCUT2D eigenvalue weighted by Gasteiger charge is 2.11. The first kappa shape index (κ1) is 12.2. The molecule has 2 N–H and O–H groups in total. The molecule has 0 aliphatic carbocycles. The van der Waals surface area contributed by atoms with E-state index in [0.29, 0.717) is 11.0 Å². The number of nitrogens with zero attached hydrogens (tertiary/aromatic N) is 4. The fourth-order valence-electron chi connectivity index (χ4n) is 1.60. The van der Waals surface area contributed by atoms with Crippen LogP contribution in [0.1, 0.15) is 0 Å². The number of rotatable bonds is 4. The fourth-order valence-corrected chi connectivity index (χ4v) is 1.60. The molecular weight excluding hydrogens is 238 g/mol. The van der Waals surface area contributed by atoms with Gasteiger partial charge in [-0.15, -0.1) is 0 Å². The predicted octanol–water partition coefficient (Wildman–Crippen LogP) is -1.67. The average molecular weight is 251 g/mol. The minimum Gasteiger partial charge on any atom is -0.394 e. The van der Waals surface area contributed by atoms with Gasteiger partial charge in [-0.1, -0.05) is 0 Å². The SMILES string of the molecule is CNC(=O)Cn1cnc2c(cnn2CCO)c1=O. The quantitative estimate of drug-likeness (QED) is 0.676. The molecule has 0 aliphatic rings. The van der Waals surface area contributed by atoms with Gasteiger partial charge >= 0.3 is 0 Å². The normalized spacial score (nSPS) is 10.8. The standard InChI is InChI=1S/C10H13N5O3/c1-11-8(17)5-14-6-12-9-7(10(14)18)4-13-15(9)2-3-16/h4,6,16H,2-3,5H2,1H3,(H,11,17). The highest BCUT2D eigenvalue weighted by molar-refractivity contribution is 5.76. The smallest absolute Gasteiger partial charge is 0.264 e. The number of aliphatic hydroxyl groups excluding tert-OH is 1. The van der Waals surface area contributed by atoms with Gasteiger partial charge in [0.1, 0.15) is 18.3 Å². The first-order chi connectivity index (χ1) is 8.67. The summed E-state index contributed by atoms with van der Waals surface area (Å²) in [7, 11) is 1.50. The van der Waals surface area contributed by atoms with Gasteiger partial charge in [-0.25, -0.2) is 9.67 Å². The van der Waals surface area contributed by atoms with Crippen LogP contribution in [-0.4, -0.2) is 44.0 Å². The first-order valence-electron chi connectivity index (χ1n) is 5.39. The number of aromatic nitrogens is 4. The maximum Gasteiger partial charge on any atom is 0.264 e. The van der Waals surface area contributed by atoms with Crippen molar-refractivity contribution in [2.24, 2.45) is 0 Å². The third-order valence-corrected chi connectivity index (χ3v) is 2.53. The fraction of sp³-hybridized carbons (Fsp3) is 0.400. The number of nitrogens with one attached hydrogen (secondary N) is 1. The number of amides is 1. The number of hydrogen-bond acceptors (Lipinski definition) is 5. The van der Waals surface area contributed by atoms with Crippen molar-refractivity contribution in [3.05, 3.63) is 22.9 Å². The van der Waals surface area contributed by atoms with Crippen LogP contribution in [-0.2, 0) is 17.9 Å². The molecule has 0 bridgehead atoms. The van der Waals surface area contributed by atoms with Crippen LogP contribution in [0.25, 0.3) is 11.0 Å². The summed E-state index contributed by atoms with van der Waals surface area (Å²) in [5, 5.41) is 15.6. The molecule has 8 heteroatoms. The van der Waals surface area contributed by atoms with E-state index in [1.165, 1.54) is 28.8 Å². The Kier molecular flexibility index (Phi) is 3.38. The molecule has 0 saturated heterocycles. The van der Waals surface area contributed by atoms with Crippen molar-refractivity contribution in [1.29, 1.82) is 0 Å². The summed E-state index contributed by atoms with van der Waals surface area (Å²) in [6, 6.07) is 0. The van der Waals surface area contributed by atoms with Crippen molar-refractivity contribution < 1.29 is 9.90 Å². The molecule has 96 valence electrons. The lowest BCUT2D eigenvalue weighted by Gasteiger charge is -2.04. The van der Waals surface area contributed by atoms with Crippen LogP contribution >= 0.6 is 0 Å². The van der Waals surface area contributed by atoms with Crippen LogP contribution in [0.15, 0.2) is 17.3 Å². The zero-order valence-corrected chi connectivity index (χ0v) is 9.83. The molecule has 2 heterocycles. The van der Waals surface area contributed by atoms with E-state index in [4.69, 9.17) is 5.11 Å². The molecule has 0 aromatic carbocycles. The van der Waals surface area contributed by atoms with Crippen molar-refractivity contribution >= 4 is 16.9 Å². The van der Waals surface area contributed by atoms with E-state index in [-0.39, 0.29) is 31.2 Å². The van der Waals surface area contributed by atoms with Crippen LogP contribution in [0, 0.1) is 0 Å². The second-order valence-electron chi connectivity index (χ2n) is 3.68. The van der Waals surface area contributed by atoms with E-state index < -0.39 is 0 Å². The molecule has 0 saturated carbocycles. The van der Waals surface area contributed by atoms with Gasteiger partial charge in [0, 0.05) is 7.05 Å². The lowest BCUT2D eigenvalue weighted by molar-refractivity contribution is -0.121. The number of aliphatic hydroxyl groups is 1. The lowest BCUT2D eigenvalue weighted by atomic mass is 10.4. The molecule has 2 aromatic heterocycles. The highest BCUT2D eigenvalue weighted by Crippen LogP contribution is 2.04. The molecule has 0 unspecified atom stereocenters. The molecule has 0 spiro atoms. The van der Waals surface area contributed by atoms with E-state index in [1.807, 2.05) is 0 Å². The largest absolute Gasteiger partial charge is 0.394 e. The van der Waals surface area contributed by atoms with Gasteiger partial charge < -0.3 is 10.4 Å². The lowest BCUT2D eigenvalue weighted by Crippen LogP contribution is -2.30. The Morgan fingerprint density at radius 1 is 1.56 bits per heavy atom. The maximum absolute atomic E-state index is 12.0. The zero-order chi connectivity index (χ0) is 13.1. The summed E-state index contributed by atoms with van der Waals surface area (Å²) in [5.41, 5.74) is 0.0787. The number of carbonyl (C=O) groups excluding carboxylic acids is 1. The molecule has 0 aliphatic heterocycles. The van der Waals surface area contributed by atoms with E-state index in [1.54, 1.807) is 0 Å². The molecule has 2 rings (SSSR count). The van der Waals surface area contributed by atoms with Crippen LogP contribution in [0.3, 0.4) is 0 Å². The maximum atomic E-state index is 12.0. The van der Waals surface area contributed by atoms with Crippen LogP contribution in [0.4, 0.5) is 0 Å². The number of hydrogen-bond donors (Lipinski definition) is 2. The Balaban J connectivity index is 2.46. The summed E-state index contributed by atoms with van der Waals surface area (Å²) in [6.07, 6.45) is 2.69. The second kappa shape index (κ2) is 4.96. The monoisotopic (exact) mass is 251 g/mol. The summed E-state index contributed by atoms with van der Waals surface area (Å²) < 4.78 is 2.66. The highest BCUT2D eigenvalue weighted by atomic mass is 16.3. The average Bonchev–Trinajstić information content (AvgIpc) is 2.77. The van der Waals surface area contributed by atoms with Gasteiger partial charge in [-0.2, -0.15) is 5.10 Å². The molecule has 1 amide bonds. The van der Waals surface area contributed by atoms with Gasteiger partial charge in [0.2, 0.25) is 5.91 Å². The van der Waals surface area contributed by atoms with Gasteiger partial charge in [0.05, 0.1) is 19.3 Å². The Morgan fingerprint density at radius 3 is 3.00 bits per heavy atom. The van der Waals surface area contributed by atoms with Crippen molar-refractivity contribution in [2.45, 2.75) is 13.1 Å². The summed E-state index contributed by atoms with van der Waals surface area (Å²) in [6.45, 7) is 0.110. The summed E-state index contributed by atoms with van der Waals surface area (Å²) in [4.78, 5) is 27.3. The molecule has 2 aromatic rings. The van der Waals surface area contributed by atoms with Gasteiger partial charge in [-0.05, 0) is 0 Å². The minimum absolute atomic E-state index is 0.0799. The van der Waals surface area contributed by atoms with Crippen LogP contribution in [0.5, 0.6) is 0 Å². The first-order valence-corrected chi connectivity index (χ1v) is 5.39. The van der Waals surface area contributed by atoms with E-state index in [9.17, 15) is 9.59 Å². The van der Waals surface area contributed by atoms with Crippen molar-refractivity contribution in [2.75, 3.05) is 13.7 Å². The summed E-state index contributed by atoms with van der Waals surface area (Å²) in [5.74, 6) is -0.277. The van der Waals surface area contributed by atoms with Crippen molar-refractivity contribution in [3.8, 4) is 0 Å². The van der Waals surface area contributed by atoms with Gasteiger partial charge in [0.15, 0.2) is 5.65 Å². The third kappa shape index (κ3) is 2.09. The molecule has 18 heavy (non-hydrogen) atoms. The topological polar surface area (TPSA) is 102 Å². The van der Waals surface area contributed by atoms with Gasteiger partial charge in [0.25, 0.3) is 5.56 Å².